The smallest absolute Gasteiger partial charge is 0.321 e. The number of hydrogen-bond acceptors (Lipinski definition) is 6. The summed E-state index contributed by atoms with van der Waals surface area (Å²) in [6.45, 7) is 6.65. The van der Waals surface area contributed by atoms with Crippen molar-refractivity contribution in [3.63, 3.8) is 0 Å². The molecule has 0 fully saturated rings. The molecule has 0 aliphatic carbocycles. The highest BCUT2D eigenvalue weighted by atomic mass is 32.2. The van der Waals surface area contributed by atoms with E-state index in [0.717, 1.165) is 29.3 Å². The Balaban J connectivity index is 1.85. The van der Waals surface area contributed by atoms with Gasteiger partial charge in [-0.3, -0.25) is 10.1 Å². The van der Waals surface area contributed by atoms with Gasteiger partial charge in [-0.2, -0.15) is 0 Å². The Morgan fingerprint density at radius 2 is 1.92 bits per heavy atom. The van der Waals surface area contributed by atoms with Crippen molar-refractivity contribution < 1.29 is 9.59 Å². The average molecular weight is 376 g/mol. The Labute approximate surface area is 156 Å². The summed E-state index contributed by atoms with van der Waals surface area (Å²) in [6, 6.07) is 7.24. The third-order valence-electron chi connectivity index (χ3n) is 3.57. The molecule has 8 nitrogen and oxygen atoms in total. The summed E-state index contributed by atoms with van der Waals surface area (Å²) in [4.78, 5) is 23.5. The van der Waals surface area contributed by atoms with Crippen LogP contribution in [0.15, 0.2) is 29.4 Å². The van der Waals surface area contributed by atoms with Gasteiger partial charge in [0.1, 0.15) is 0 Å². The fraction of sp³-hybridized carbons (Fsp3) is 0.412. The Morgan fingerprint density at radius 1 is 1.23 bits per heavy atom. The number of rotatable bonds is 7. The third-order valence-corrected chi connectivity index (χ3v) is 4.51. The number of nitrogen functional groups attached to an aromatic ring is 1. The van der Waals surface area contributed by atoms with E-state index in [1.54, 1.807) is 0 Å². The zero-order valence-electron chi connectivity index (χ0n) is 15.2. The van der Waals surface area contributed by atoms with Crippen molar-refractivity contribution in [3.05, 3.63) is 29.8 Å². The van der Waals surface area contributed by atoms with Gasteiger partial charge in [-0.05, 0) is 19.3 Å². The van der Waals surface area contributed by atoms with Crippen LogP contribution < -0.4 is 16.5 Å². The van der Waals surface area contributed by atoms with Crippen LogP contribution >= 0.6 is 11.8 Å². The van der Waals surface area contributed by atoms with Crippen molar-refractivity contribution in [1.29, 1.82) is 0 Å². The number of carbonyl (C=O) groups is 2. The molecule has 0 spiro atoms. The first-order chi connectivity index (χ1) is 12.4. The van der Waals surface area contributed by atoms with E-state index < -0.39 is 11.9 Å². The van der Waals surface area contributed by atoms with Crippen LogP contribution in [0.5, 0.6) is 0 Å². The molecule has 0 unspecified atom stereocenters. The minimum Gasteiger partial charge on any atom is -0.338 e. The number of thioether (sulfide) groups is 1. The lowest BCUT2D eigenvalue weighted by atomic mass is 10.1. The van der Waals surface area contributed by atoms with Crippen LogP contribution in [-0.4, -0.2) is 39.1 Å². The minimum atomic E-state index is -0.495. The number of carbonyl (C=O) groups excluding carboxylic acids is 2. The number of amides is 3. The molecule has 1 aromatic carbocycles. The zero-order valence-corrected chi connectivity index (χ0v) is 16.0. The summed E-state index contributed by atoms with van der Waals surface area (Å²) in [5.41, 5.74) is 1.97. The normalized spacial score (nSPS) is 10.8. The quantitative estimate of drug-likeness (QED) is 0.502. The van der Waals surface area contributed by atoms with Crippen LogP contribution in [0, 0.1) is 12.8 Å². The van der Waals surface area contributed by atoms with Crippen LogP contribution in [0.1, 0.15) is 25.8 Å². The molecule has 2 rings (SSSR count). The maximum atomic E-state index is 11.9. The molecule has 4 N–H and O–H groups in total. The lowest BCUT2D eigenvalue weighted by Crippen LogP contribution is -2.40. The van der Waals surface area contributed by atoms with E-state index in [0.29, 0.717) is 23.4 Å². The predicted molar refractivity (Wildman–Crippen MR) is 102 cm³/mol. The van der Waals surface area contributed by atoms with E-state index in [4.69, 9.17) is 5.84 Å². The molecule has 0 atom stereocenters. The summed E-state index contributed by atoms with van der Waals surface area (Å²) in [7, 11) is 0. The van der Waals surface area contributed by atoms with Gasteiger partial charge >= 0.3 is 6.03 Å². The fourth-order valence-electron chi connectivity index (χ4n) is 2.09. The standard InChI is InChI=1S/C17H24N6O2S/c1-11(2)8-9-19-16(25)20-14(24)10-26-17-22-21-15(23(17)18)13-6-4-12(3)5-7-13/h4-7,11H,8-10,18H2,1-3H3,(H2,19,20,24,25). The van der Waals surface area contributed by atoms with E-state index in [2.05, 4.69) is 34.7 Å². The Kier molecular flexibility index (Phi) is 7.02. The summed E-state index contributed by atoms with van der Waals surface area (Å²) >= 11 is 1.12. The molecular formula is C17H24N6O2S. The summed E-state index contributed by atoms with van der Waals surface area (Å²) in [5.74, 6) is 6.61. The number of hydrogen-bond donors (Lipinski definition) is 3. The highest BCUT2D eigenvalue weighted by molar-refractivity contribution is 7.99. The molecule has 0 saturated heterocycles. The van der Waals surface area contributed by atoms with Crippen molar-refractivity contribution in [2.45, 2.75) is 32.3 Å². The number of aromatic nitrogens is 3. The van der Waals surface area contributed by atoms with Gasteiger partial charge in [-0.15, -0.1) is 10.2 Å². The number of nitrogens with one attached hydrogen (secondary N) is 2. The van der Waals surface area contributed by atoms with Gasteiger partial charge in [0.15, 0.2) is 5.82 Å². The summed E-state index contributed by atoms with van der Waals surface area (Å²) < 4.78 is 1.34. The van der Waals surface area contributed by atoms with Gasteiger partial charge in [-0.1, -0.05) is 55.4 Å². The molecule has 2 aromatic rings. The first kappa shape index (κ1) is 19.8. The maximum Gasteiger partial charge on any atom is 0.321 e. The van der Waals surface area contributed by atoms with Gasteiger partial charge in [0, 0.05) is 12.1 Å². The number of nitrogens with two attached hydrogens (primary N) is 1. The molecule has 0 radical (unpaired) electrons. The van der Waals surface area contributed by atoms with Crippen molar-refractivity contribution >= 4 is 23.7 Å². The highest BCUT2D eigenvalue weighted by Crippen LogP contribution is 2.21. The van der Waals surface area contributed by atoms with Crippen LogP contribution in [0.2, 0.25) is 0 Å². The number of imide groups is 1. The molecule has 1 aromatic heterocycles. The number of urea groups is 1. The summed E-state index contributed by atoms with van der Waals surface area (Å²) in [5, 5.41) is 13.4. The Bertz CT molecular complexity index is 757. The second-order valence-electron chi connectivity index (χ2n) is 6.32. The molecular weight excluding hydrogens is 352 g/mol. The minimum absolute atomic E-state index is 0.0147. The topological polar surface area (TPSA) is 115 Å². The molecule has 0 aliphatic rings. The van der Waals surface area contributed by atoms with Crippen molar-refractivity contribution in [3.8, 4) is 11.4 Å². The monoisotopic (exact) mass is 376 g/mol. The van der Waals surface area contributed by atoms with Crippen molar-refractivity contribution in [2.75, 3.05) is 18.1 Å². The molecule has 0 bridgehead atoms. The van der Waals surface area contributed by atoms with Crippen LogP contribution in [0.3, 0.4) is 0 Å². The van der Waals surface area contributed by atoms with Crippen LogP contribution in [0.25, 0.3) is 11.4 Å². The van der Waals surface area contributed by atoms with E-state index in [1.165, 1.54) is 4.68 Å². The Hall–Kier alpha value is -2.55. The summed E-state index contributed by atoms with van der Waals surface area (Å²) in [6.07, 6.45) is 0.856. The highest BCUT2D eigenvalue weighted by Gasteiger charge is 2.14. The van der Waals surface area contributed by atoms with Gasteiger partial charge in [0.25, 0.3) is 0 Å². The molecule has 3 amide bonds. The third kappa shape index (κ3) is 5.76. The first-order valence-electron chi connectivity index (χ1n) is 8.35. The number of nitrogens with zero attached hydrogens (tertiary/aromatic N) is 3. The van der Waals surface area contributed by atoms with Gasteiger partial charge in [-0.25, -0.2) is 9.47 Å². The molecule has 140 valence electrons. The SMILES string of the molecule is Cc1ccc(-c2nnc(SCC(=O)NC(=O)NCCC(C)C)n2N)cc1. The van der Waals surface area contributed by atoms with Gasteiger partial charge in [0.2, 0.25) is 11.1 Å². The largest absolute Gasteiger partial charge is 0.338 e. The van der Waals surface area contributed by atoms with Gasteiger partial charge < -0.3 is 11.2 Å². The van der Waals surface area contributed by atoms with E-state index in [9.17, 15) is 9.59 Å². The lowest BCUT2D eigenvalue weighted by molar-refractivity contribution is -0.117. The first-order valence-corrected chi connectivity index (χ1v) is 9.33. The lowest BCUT2D eigenvalue weighted by Gasteiger charge is -2.08. The van der Waals surface area contributed by atoms with Crippen molar-refractivity contribution in [1.82, 2.24) is 25.5 Å². The van der Waals surface area contributed by atoms with E-state index >= 15 is 0 Å². The van der Waals surface area contributed by atoms with E-state index in [1.807, 2.05) is 31.2 Å². The van der Waals surface area contributed by atoms with Crippen LogP contribution in [-0.2, 0) is 4.79 Å². The zero-order chi connectivity index (χ0) is 19.1. The van der Waals surface area contributed by atoms with Crippen molar-refractivity contribution in [2.24, 2.45) is 5.92 Å². The Morgan fingerprint density at radius 3 is 2.58 bits per heavy atom. The molecule has 0 saturated carbocycles. The number of aryl methyl sites for hydroxylation is 1. The van der Waals surface area contributed by atoms with Crippen LogP contribution in [0.4, 0.5) is 4.79 Å². The maximum absolute atomic E-state index is 11.9. The number of benzene rings is 1. The second kappa shape index (κ2) is 9.23. The van der Waals surface area contributed by atoms with E-state index in [-0.39, 0.29) is 5.75 Å². The fourth-order valence-corrected chi connectivity index (χ4v) is 2.74. The van der Waals surface area contributed by atoms with Gasteiger partial charge in [0.05, 0.1) is 5.75 Å². The predicted octanol–water partition coefficient (Wildman–Crippen LogP) is 1.93. The molecule has 0 aliphatic heterocycles. The second-order valence-corrected chi connectivity index (χ2v) is 7.26. The molecule has 9 heteroatoms. The molecule has 26 heavy (non-hydrogen) atoms. The molecule has 1 heterocycles. The average Bonchev–Trinajstić information content (AvgIpc) is 2.94.